The van der Waals surface area contributed by atoms with Crippen molar-refractivity contribution in [3.63, 3.8) is 0 Å². The van der Waals surface area contributed by atoms with Crippen molar-refractivity contribution in [3.05, 3.63) is 108 Å². The molecule has 0 aromatic heterocycles. The minimum Gasteiger partial charge on any atom is -0.459 e. The van der Waals surface area contributed by atoms with Crippen molar-refractivity contribution in [2.24, 2.45) is 0 Å². The van der Waals surface area contributed by atoms with Crippen LogP contribution in [0.2, 0.25) is 0 Å². The van der Waals surface area contributed by atoms with Gasteiger partial charge < -0.3 is 29.2 Å². The van der Waals surface area contributed by atoms with Crippen LogP contribution in [-0.4, -0.2) is 65.4 Å². The van der Waals surface area contributed by atoms with Gasteiger partial charge in [0.1, 0.15) is 18.8 Å². The zero-order valence-electron chi connectivity index (χ0n) is 19.0. The fourth-order valence-electron chi connectivity index (χ4n) is 3.65. The molecule has 1 aliphatic rings. The predicted octanol–water partition coefficient (Wildman–Crippen LogP) is 2.37. The molecule has 5 atom stereocenters. The molecule has 3 aromatic rings. The Morgan fingerprint density at radius 3 is 1.53 bits per heavy atom. The van der Waals surface area contributed by atoms with E-state index in [1.165, 1.54) is 24.3 Å². The van der Waals surface area contributed by atoms with E-state index in [0.717, 1.165) is 0 Å². The first kappa shape index (κ1) is 25.1. The first-order valence-corrected chi connectivity index (χ1v) is 11.2. The van der Waals surface area contributed by atoms with Crippen LogP contribution in [0, 0.1) is 0 Å². The van der Waals surface area contributed by atoms with Gasteiger partial charge in [-0.05, 0) is 36.4 Å². The van der Waals surface area contributed by atoms with Crippen molar-refractivity contribution in [1.29, 1.82) is 0 Å². The second kappa shape index (κ2) is 11.6. The van der Waals surface area contributed by atoms with Crippen molar-refractivity contribution in [2.75, 3.05) is 6.61 Å². The number of ether oxygens (including phenoxy) is 4. The summed E-state index contributed by atoms with van der Waals surface area (Å²) in [7, 11) is 0. The van der Waals surface area contributed by atoms with E-state index < -0.39 is 55.2 Å². The summed E-state index contributed by atoms with van der Waals surface area (Å²) in [4.78, 5) is 37.7. The minimum absolute atomic E-state index is 0.186. The van der Waals surface area contributed by atoms with Gasteiger partial charge in [0.15, 0.2) is 18.5 Å². The lowest BCUT2D eigenvalue weighted by Crippen LogP contribution is -2.61. The van der Waals surface area contributed by atoms with Crippen LogP contribution in [0.5, 0.6) is 0 Å². The summed E-state index contributed by atoms with van der Waals surface area (Å²) in [5.41, 5.74) is 0.655. The molecule has 1 fully saturated rings. The summed E-state index contributed by atoms with van der Waals surface area (Å²) in [6, 6.07) is 24.1. The van der Waals surface area contributed by atoms with Gasteiger partial charge in [0.2, 0.25) is 0 Å². The molecule has 0 amide bonds. The summed E-state index contributed by atoms with van der Waals surface area (Å²) in [6.45, 7) is -0.454. The third kappa shape index (κ3) is 5.95. The highest BCUT2D eigenvalue weighted by molar-refractivity contribution is 5.90. The molecule has 1 heterocycles. The van der Waals surface area contributed by atoms with Gasteiger partial charge in [-0.25, -0.2) is 14.4 Å². The van der Waals surface area contributed by atoms with Crippen LogP contribution in [0.3, 0.4) is 0 Å². The number of rotatable bonds is 7. The van der Waals surface area contributed by atoms with Gasteiger partial charge in [0.05, 0.1) is 16.7 Å². The van der Waals surface area contributed by atoms with E-state index in [-0.39, 0.29) is 16.7 Å². The van der Waals surface area contributed by atoms with Crippen LogP contribution in [0.25, 0.3) is 0 Å². The smallest absolute Gasteiger partial charge is 0.338 e. The van der Waals surface area contributed by atoms with Crippen LogP contribution in [0.15, 0.2) is 91.0 Å². The second-order valence-corrected chi connectivity index (χ2v) is 7.99. The standard InChI is InChI=1S/C27H24O9/c28-21-20(16-33-24(29)17-10-4-1-5-11-17)34-27(32)23(36-26(31)19-14-8-3-9-15-19)22(21)35-25(30)18-12-6-2-7-13-18/h1-15,20-23,27-28,32H,16H2/t20-,21+,22+,23+,27-/m1/s1. The van der Waals surface area contributed by atoms with Crippen molar-refractivity contribution < 1.29 is 43.5 Å². The predicted molar refractivity (Wildman–Crippen MR) is 125 cm³/mol. The van der Waals surface area contributed by atoms with Gasteiger partial charge in [-0.15, -0.1) is 0 Å². The van der Waals surface area contributed by atoms with E-state index in [2.05, 4.69) is 0 Å². The SMILES string of the molecule is O=C(OC[C@H]1O[C@@H](O)[C@@H](OC(=O)c2ccccc2)[C@@H](OC(=O)c2ccccc2)[C@H]1O)c1ccccc1. The maximum absolute atomic E-state index is 12.7. The number of hydrogen-bond donors (Lipinski definition) is 2. The summed E-state index contributed by atoms with van der Waals surface area (Å²) in [6.07, 6.45) is -7.72. The Bertz CT molecular complexity index is 1170. The van der Waals surface area contributed by atoms with Gasteiger partial charge >= 0.3 is 17.9 Å². The molecule has 0 saturated carbocycles. The fraction of sp³-hybridized carbons (Fsp3) is 0.222. The number of carbonyl (C=O) groups excluding carboxylic acids is 3. The summed E-state index contributed by atoms with van der Waals surface area (Å²) >= 11 is 0. The molecule has 1 aliphatic heterocycles. The molecular weight excluding hydrogens is 468 g/mol. The van der Waals surface area contributed by atoms with E-state index >= 15 is 0 Å². The lowest BCUT2D eigenvalue weighted by Gasteiger charge is -2.41. The monoisotopic (exact) mass is 492 g/mol. The lowest BCUT2D eigenvalue weighted by molar-refractivity contribution is -0.284. The van der Waals surface area contributed by atoms with Crippen LogP contribution >= 0.6 is 0 Å². The Morgan fingerprint density at radius 1 is 0.639 bits per heavy atom. The Kier molecular flexibility index (Phi) is 8.06. The molecule has 0 unspecified atom stereocenters. The highest BCUT2D eigenvalue weighted by Gasteiger charge is 2.50. The summed E-state index contributed by atoms with van der Waals surface area (Å²) < 4.78 is 21.5. The van der Waals surface area contributed by atoms with Crippen LogP contribution in [0.1, 0.15) is 31.1 Å². The van der Waals surface area contributed by atoms with E-state index in [1.54, 1.807) is 66.7 Å². The van der Waals surface area contributed by atoms with Gasteiger partial charge in [-0.1, -0.05) is 54.6 Å². The molecule has 4 rings (SSSR count). The van der Waals surface area contributed by atoms with E-state index in [1.807, 2.05) is 0 Å². The van der Waals surface area contributed by atoms with Crippen molar-refractivity contribution in [1.82, 2.24) is 0 Å². The van der Waals surface area contributed by atoms with Gasteiger partial charge in [0.25, 0.3) is 0 Å². The van der Waals surface area contributed by atoms with Gasteiger partial charge in [-0.3, -0.25) is 0 Å². The summed E-state index contributed by atoms with van der Waals surface area (Å²) in [5, 5.41) is 21.6. The Balaban J connectivity index is 1.52. The molecule has 9 nitrogen and oxygen atoms in total. The van der Waals surface area contributed by atoms with Crippen molar-refractivity contribution in [2.45, 2.75) is 30.7 Å². The second-order valence-electron chi connectivity index (χ2n) is 7.99. The molecule has 186 valence electrons. The average molecular weight is 492 g/mol. The van der Waals surface area contributed by atoms with E-state index in [9.17, 15) is 24.6 Å². The minimum atomic E-state index is -1.78. The molecule has 2 N–H and O–H groups in total. The first-order chi connectivity index (χ1) is 17.4. The maximum Gasteiger partial charge on any atom is 0.338 e. The highest BCUT2D eigenvalue weighted by atomic mass is 16.7. The fourth-order valence-corrected chi connectivity index (χ4v) is 3.65. The Labute approximate surface area is 206 Å². The van der Waals surface area contributed by atoms with Crippen molar-refractivity contribution >= 4 is 17.9 Å². The van der Waals surface area contributed by atoms with Gasteiger partial charge in [0, 0.05) is 0 Å². The third-order valence-corrected chi connectivity index (χ3v) is 5.53. The molecular formula is C27H24O9. The molecule has 0 aliphatic carbocycles. The quantitative estimate of drug-likeness (QED) is 0.377. The maximum atomic E-state index is 12.7. The average Bonchev–Trinajstić information content (AvgIpc) is 2.92. The highest BCUT2D eigenvalue weighted by Crippen LogP contribution is 2.27. The molecule has 0 radical (unpaired) electrons. The summed E-state index contributed by atoms with van der Waals surface area (Å²) in [5.74, 6) is -2.30. The Morgan fingerprint density at radius 2 is 1.06 bits per heavy atom. The van der Waals surface area contributed by atoms with Crippen LogP contribution < -0.4 is 0 Å². The lowest BCUT2D eigenvalue weighted by atomic mass is 9.98. The van der Waals surface area contributed by atoms with E-state index in [4.69, 9.17) is 18.9 Å². The Hall–Kier alpha value is -4.05. The third-order valence-electron chi connectivity index (χ3n) is 5.53. The topological polar surface area (TPSA) is 129 Å². The molecule has 1 saturated heterocycles. The van der Waals surface area contributed by atoms with Gasteiger partial charge in [-0.2, -0.15) is 0 Å². The molecule has 36 heavy (non-hydrogen) atoms. The molecule has 3 aromatic carbocycles. The largest absolute Gasteiger partial charge is 0.459 e. The van der Waals surface area contributed by atoms with Crippen molar-refractivity contribution in [3.8, 4) is 0 Å². The number of benzene rings is 3. The first-order valence-electron chi connectivity index (χ1n) is 11.2. The number of esters is 3. The zero-order chi connectivity index (χ0) is 25.5. The van der Waals surface area contributed by atoms with Crippen LogP contribution in [-0.2, 0) is 18.9 Å². The molecule has 0 bridgehead atoms. The normalized spacial score (nSPS) is 23.3. The zero-order valence-corrected chi connectivity index (χ0v) is 19.0. The van der Waals surface area contributed by atoms with E-state index in [0.29, 0.717) is 0 Å². The number of carbonyl (C=O) groups is 3. The molecule has 0 spiro atoms. The van der Waals surface area contributed by atoms with Crippen LogP contribution in [0.4, 0.5) is 0 Å². The number of aliphatic hydroxyl groups excluding tert-OH is 2. The number of hydrogen-bond acceptors (Lipinski definition) is 9. The number of aliphatic hydroxyl groups is 2. The molecule has 9 heteroatoms.